The van der Waals surface area contributed by atoms with Crippen molar-refractivity contribution in [2.24, 2.45) is 0 Å². The summed E-state index contributed by atoms with van der Waals surface area (Å²) in [7, 11) is 0. The van der Waals surface area contributed by atoms with E-state index in [1.54, 1.807) is 48.5 Å². The van der Waals surface area contributed by atoms with E-state index in [9.17, 15) is 24.8 Å². The van der Waals surface area contributed by atoms with Gasteiger partial charge < -0.3 is 5.11 Å². The summed E-state index contributed by atoms with van der Waals surface area (Å²) in [6.45, 7) is 0. The first-order chi connectivity index (χ1) is 14.9. The van der Waals surface area contributed by atoms with Gasteiger partial charge in [-0.05, 0) is 42.0 Å². The molecule has 1 aliphatic rings. The molecule has 1 unspecified atom stereocenters. The monoisotopic (exact) mass is 434 g/mol. The number of nitro benzene ring substituents is 1. The number of aliphatic hydroxyl groups is 1. The molecule has 1 N–H and O–H groups in total. The number of ketones is 1. The molecule has 1 amide bonds. The van der Waals surface area contributed by atoms with Crippen LogP contribution in [0, 0.1) is 10.1 Å². The van der Waals surface area contributed by atoms with Gasteiger partial charge in [-0.3, -0.25) is 24.6 Å². The zero-order chi connectivity index (χ0) is 22.1. The molecule has 3 aromatic rings. The Morgan fingerprint density at radius 2 is 1.65 bits per heavy atom. The van der Waals surface area contributed by atoms with Crippen LogP contribution in [0.5, 0.6) is 0 Å². The van der Waals surface area contributed by atoms with Gasteiger partial charge in [0.2, 0.25) is 0 Å². The van der Waals surface area contributed by atoms with E-state index >= 15 is 0 Å². The first-order valence-corrected chi connectivity index (χ1v) is 9.62. The molecule has 3 aromatic carbocycles. The van der Waals surface area contributed by atoms with Crippen molar-refractivity contribution in [2.75, 3.05) is 4.90 Å². The van der Waals surface area contributed by atoms with Crippen molar-refractivity contribution in [1.29, 1.82) is 0 Å². The molecule has 1 heterocycles. The molecule has 0 saturated carbocycles. The van der Waals surface area contributed by atoms with Crippen LogP contribution < -0.4 is 4.90 Å². The Balaban J connectivity index is 1.96. The van der Waals surface area contributed by atoms with E-state index in [0.29, 0.717) is 21.8 Å². The number of non-ortho nitro benzene ring substituents is 1. The highest BCUT2D eigenvalue weighted by molar-refractivity contribution is 6.51. The predicted octanol–water partition coefficient (Wildman–Crippen LogP) is 4.87. The number of para-hydroxylation sites is 1. The molecular formula is C23H15ClN2O5. The molecule has 0 bridgehead atoms. The minimum Gasteiger partial charge on any atom is -0.507 e. The van der Waals surface area contributed by atoms with Gasteiger partial charge in [-0.2, -0.15) is 0 Å². The fourth-order valence-corrected chi connectivity index (χ4v) is 3.70. The third-order valence-corrected chi connectivity index (χ3v) is 5.25. The maximum absolute atomic E-state index is 13.0. The first-order valence-electron chi connectivity index (χ1n) is 9.25. The van der Waals surface area contributed by atoms with Crippen molar-refractivity contribution < 1.29 is 19.6 Å². The SMILES string of the molecule is O=C1C(=O)N(c2ccccc2)C(c2cccc([N+](=O)[O-])c2)/C1=C(\O)c1ccc(Cl)cc1. The van der Waals surface area contributed by atoms with Crippen LogP contribution in [-0.2, 0) is 9.59 Å². The van der Waals surface area contributed by atoms with E-state index in [4.69, 9.17) is 11.6 Å². The van der Waals surface area contributed by atoms with Gasteiger partial charge in [0.15, 0.2) is 0 Å². The van der Waals surface area contributed by atoms with Crippen molar-refractivity contribution in [3.8, 4) is 0 Å². The van der Waals surface area contributed by atoms with Crippen LogP contribution in [0.3, 0.4) is 0 Å². The molecule has 7 nitrogen and oxygen atoms in total. The summed E-state index contributed by atoms with van der Waals surface area (Å²) in [6.07, 6.45) is 0. The van der Waals surface area contributed by atoms with E-state index in [2.05, 4.69) is 0 Å². The minimum atomic E-state index is -1.04. The Morgan fingerprint density at radius 1 is 0.968 bits per heavy atom. The molecule has 0 aromatic heterocycles. The van der Waals surface area contributed by atoms with Crippen LogP contribution in [0.25, 0.3) is 5.76 Å². The number of aliphatic hydroxyl groups excluding tert-OH is 1. The number of anilines is 1. The van der Waals surface area contributed by atoms with E-state index in [-0.39, 0.29) is 17.0 Å². The number of rotatable bonds is 4. The van der Waals surface area contributed by atoms with Gasteiger partial charge in [0.25, 0.3) is 17.4 Å². The summed E-state index contributed by atoms with van der Waals surface area (Å²) in [5.74, 6) is -2.10. The maximum atomic E-state index is 13.0. The van der Waals surface area contributed by atoms with Crippen molar-refractivity contribution in [2.45, 2.75) is 6.04 Å². The quantitative estimate of drug-likeness (QED) is 0.207. The standard InChI is InChI=1S/C23H15ClN2O5/c24-16-11-9-14(10-12-16)21(27)19-20(15-5-4-8-18(13-15)26(30)31)25(23(29)22(19)28)17-6-2-1-3-7-17/h1-13,20,27H/b21-19+. The normalized spacial score (nSPS) is 17.7. The molecule has 0 aliphatic carbocycles. The maximum Gasteiger partial charge on any atom is 0.300 e. The number of Topliss-reactive ketones (excluding diaryl/α,β-unsaturated/α-hetero) is 1. The van der Waals surface area contributed by atoms with Gasteiger partial charge in [0, 0.05) is 28.4 Å². The zero-order valence-corrected chi connectivity index (χ0v) is 16.7. The lowest BCUT2D eigenvalue weighted by Crippen LogP contribution is -2.29. The predicted molar refractivity (Wildman–Crippen MR) is 116 cm³/mol. The fraction of sp³-hybridized carbons (Fsp3) is 0.0435. The van der Waals surface area contributed by atoms with E-state index in [0.717, 1.165) is 0 Å². The van der Waals surface area contributed by atoms with Gasteiger partial charge >= 0.3 is 0 Å². The van der Waals surface area contributed by atoms with E-state index < -0.39 is 22.7 Å². The van der Waals surface area contributed by atoms with Gasteiger partial charge in [-0.15, -0.1) is 0 Å². The van der Waals surface area contributed by atoms with Gasteiger partial charge in [0.1, 0.15) is 5.76 Å². The molecule has 8 heteroatoms. The minimum absolute atomic E-state index is 0.156. The molecule has 154 valence electrons. The summed E-state index contributed by atoms with van der Waals surface area (Å²) >= 11 is 5.91. The largest absolute Gasteiger partial charge is 0.507 e. The van der Waals surface area contributed by atoms with Gasteiger partial charge in [-0.25, -0.2) is 0 Å². The van der Waals surface area contributed by atoms with Crippen LogP contribution in [0.4, 0.5) is 11.4 Å². The molecule has 0 spiro atoms. The summed E-state index contributed by atoms with van der Waals surface area (Å²) in [6, 6.07) is 19.2. The average Bonchev–Trinajstić information content (AvgIpc) is 3.05. The highest BCUT2D eigenvalue weighted by Crippen LogP contribution is 2.42. The zero-order valence-electron chi connectivity index (χ0n) is 15.9. The summed E-state index contributed by atoms with van der Waals surface area (Å²) < 4.78 is 0. The molecule has 4 rings (SSSR count). The third-order valence-electron chi connectivity index (χ3n) is 4.99. The Kier molecular flexibility index (Phi) is 5.27. The molecule has 0 radical (unpaired) electrons. The number of hydrogen-bond acceptors (Lipinski definition) is 5. The number of benzene rings is 3. The Morgan fingerprint density at radius 3 is 2.29 bits per heavy atom. The van der Waals surface area contributed by atoms with Crippen molar-refractivity contribution in [1.82, 2.24) is 0 Å². The highest BCUT2D eigenvalue weighted by Gasteiger charge is 2.47. The second kappa shape index (κ2) is 8.04. The topological polar surface area (TPSA) is 101 Å². The highest BCUT2D eigenvalue weighted by atomic mass is 35.5. The average molecular weight is 435 g/mol. The second-order valence-electron chi connectivity index (χ2n) is 6.86. The summed E-state index contributed by atoms with van der Waals surface area (Å²) in [5, 5.41) is 22.7. The summed E-state index contributed by atoms with van der Waals surface area (Å²) in [4.78, 5) is 38.0. The van der Waals surface area contributed by atoms with Crippen LogP contribution in [0.15, 0.2) is 84.4 Å². The van der Waals surface area contributed by atoms with Crippen LogP contribution in [-0.4, -0.2) is 21.7 Å². The Hall–Kier alpha value is -3.97. The van der Waals surface area contributed by atoms with Crippen LogP contribution >= 0.6 is 11.6 Å². The summed E-state index contributed by atoms with van der Waals surface area (Å²) in [5.41, 5.74) is 0.703. The fourth-order valence-electron chi connectivity index (χ4n) is 3.57. The smallest absolute Gasteiger partial charge is 0.300 e. The van der Waals surface area contributed by atoms with Crippen molar-refractivity contribution in [3.05, 3.63) is 111 Å². The number of carbonyl (C=O) groups excluding carboxylic acids is 2. The number of carbonyl (C=O) groups is 2. The Bertz CT molecular complexity index is 1220. The van der Waals surface area contributed by atoms with E-state index in [1.165, 1.54) is 35.2 Å². The molecule has 1 fully saturated rings. The molecule has 1 aliphatic heterocycles. The first kappa shape index (κ1) is 20.3. The lowest BCUT2D eigenvalue weighted by molar-refractivity contribution is -0.384. The lowest BCUT2D eigenvalue weighted by atomic mass is 9.95. The van der Waals surface area contributed by atoms with Crippen molar-refractivity contribution in [3.63, 3.8) is 0 Å². The Labute approximate surface area is 182 Å². The van der Waals surface area contributed by atoms with E-state index in [1.807, 2.05) is 0 Å². The number of amides is 1. The van der Waals surface area contributed by atoms with Crippen LogP contribution in [0.2, 0.25) is 5.02 Å². The molecule has 1 atom stereocenters. The third kappa shape index (κ3) is 3.67. The van der Waals surface area contributed by atoms with Crippen molar-refractivity contribution >= 4 is 40.4 Å². The number of hydrogen-bond donors (Lipinski definition) is 1. The lowest BCUT2D eigenvalue weighted by Gasteiger charge is -2.25. The molecule has 31 heavy (non-hydrogen) atoms. The number of nitro groups is 1. The van der Waals surface area contributed by atoms with Gasteiger partial charge in [0.05, 0.1) is 16.5 Å². The number of nitrogens with zero attached hydrogens (tertiary/aromatic N) is 2. The van der Waals surface area contributed by atoms with Crippen LogP contribution in [0.1, 0.15) is 17.2 Å². The van der Waals surface area contributed by atoms with Gasteiger partial charge in [-0.1, -0.05) is 41.9 Å². The molecular weight excluding hydrogens is 420 g/mol. The number of halogens is 1. The molecule has 1 saturated heterocycles. The second-order valence-corrected chi connectivity index (χ2v) is 7.30.